The molecule has 0 aromatic carbocycles. The number of nitrogens with one attached hydrogen (secondary N) is 1. The average Bonchev–Trinajstić information content (AvgIpc) is 3.30. The number of aromatic nitrogens is 4. The lowest BCUT2D eigenvalue weighted by molar-refractivity contribution is -0.139. The lowest BCUT2D eigenvalue weighted by Crippen LogP contribution is -2.49. The molecule has 2 aromatic heterocycles. The Morgan fingerprint density at radius 1 is 1.08 bits per heavy atom. The maximum absolute atomic E-state index is 13.2. The van der Waals surface area contributed by atoms with Gasteiger partial charge in [0.1, 0.15) is 11.4 Å². The van der Waals surface area contributed by atoms with Gasteiger partial charge in [0, 0.05) is 70.8 Å². The zero-order chi connectivity index (χ0) is 27.7. The van der Waals surface area contributed by atoms with Gasteiger partial charge < -0.3 is 19.4 Å². The summed E-state index contributed by atoms with van der Waals surface area (Å²) in [5.41, 5.74) is -3.64. The van der Waals surface area contributed by atoms with Crippen LogP contribution in [0.5, 0.6) is 0 Å². The number of halogens is 6. The third-order valence-corrected chi connectivity index (χ3v) is 6.67. The van der Waals surface area contributed by atoms with Crippen LogP contribution < -0.4 is 15.4 Å². The van der Waals surface area contributed by atoms with Gasteiger partial charge in [-0.2, -0.15) is 31.4 Å². The summed E-state index contributed by atoms with van der Waals surface area (Å²) < 4.78 is 83.2. The van der Waals surface area contributed by atoms with Gasteiger partial charge in [0.2, 0.25) is 11.9 Å². The molecule has 0 saturated carbocycles. The van der Waals surface area contributed by atoms with Crippen LogP contribution in [-0.4, -0.2) is 83.0 Å². The van der Waals surface area contributed by atoms with Crippen LogP contribution in [0.15, 0.2) is 23.3 Å². The van der Waals surface area contributed by atoms with Gasteiger partial charge in [-0.05, 0) is 12.8 Å². The van der Waals surface area contributed by atoms with E-state index in [0.29, 0.717) is 45.1 Å². The summed E-state index contributed by atoms with van der Waals surface area (Å²) in [7, 11) is 1.48. The second kappa shape index (κ2) is 10.7. The van der Waals surface area contributed by atoms with E-state index < -0.39 is 29.0 Å². The molecule has 2 aliphatic heterocycles. The summed E-state index contributed by atoms with van der Waals surface area (Å²) in [5, 5.41) is 5.68. The van der Waals surface area contributed by atoms with E-state index in [-0.39, 0.29) is 42.8 Å². The number of rotatable bonds is 6. The van der Waals surface area contributed by atoms with Crippen molar-refractivity contribution in [2.75, 3.05) is 49.6 Å². The lowest BCUT2D eigenvalue weighted by atomic mass is 10.1. The molecule has 2 atom stereocenters. The number of hydrogen-bond donors (Lipinski definition) is 1. The molecule has 4 heterocycles. The fourth-order valence-corrected chi connectivity index (χ4v) is 4.59. The topological polar surface area (TPSA) is 108 Å². The summed E-state index contributed by atoms with van der Waals surface area (Å²) in [6, 6.07) is 0.360. The molecule has 38 heavy (non-hydrogen) atoms. The Hall–Kier alpha value is -3.43. The normalized spacial score (nSPS) is 20.8. The molecule has 1 N–H and O–H groups in total. The molecule has 0 radical (unpaired) electrons. The van der Waals surface area contributed by atoms with E-state index in [4.69, 9.17) is 4.74 Å². The molecule has 2 fully saturated rings. The SMILES string of the molecule is CO[C@H]1C[C@@H](CCC(=O)N2CCN(c3ncc(C(F)(F)F)cn3)CC2)N(c2cc(C(F)(F)F)c(=O)[nH]n2)C1. The number of nitrogens with zero attached hydrogens (tertiary/aromatic N) is 6. The van der Waals surface area contributed by atoms with Gasteiger partial charge in [-0.25, -0.2) is 15.1 Å². The minimum atomic E-state index is -4.84. The first-order valence-electron chi connectivity index (χ1n) is 11.7. The number of methoxy groups -OCH3 is 1. The van der Waals surface area contributed by atoms with E-state index in [1.54, 1.807) is 14.7 Å². The Morgan fingerprint density at radius 2 is 1.74 bits per heavy atom. The highest BCUT2D eigenvalue weighted by atomic mass is 19.4. The van der Waals surface area contributed by atoms with E-state index >= 15 is 0 Å². The molecule has 16 heteroatoms. The van der Waals surface area contributed by atoms with Gasteiger partial charge in [0.05, 0.1) is 11.7 Å². The molecular formula is C22H25F6N7O3. The second-order valence-corrected chi connectivity index (χ2v) is 9.04. The van der Waals surface area contributed by atoms with Gasteiger partial charge in [-0.1, -0.05) is 0 Å². The fraction of sp³-hybridized carbons (Fsp3) is 0.591. The Bertz CT molecular complexity index is 1180. The lowest BCUT2D eigenvalue weighted by Gasteiger charge is -2.35. The van der Waals surface area contributed by atoms with E-state index in [9.17, 15) is 35.9 Å². The third-order valence-electron chi connectivity index (χ3n) is 6.67. The molecule has 208 valence electrons. The highest BCUT2D eigenvalue weighted by Crippen LogP contribution is 2.32. The van der Waals surface area contributed by atoms with Gasteiger partial charge in [0.15, 0.2) is 0 Å². The standard InChI is InChI=1S/C22H25F6N7O3/c1-38-15-8-14(35(12-15)17-9-16(22(26,27)28)19(37)32-31-17)2-3-18(36)33-4-6-34(7-5-33)20-29-10-13(11-30-20)21(23,24)25/h9-11,14-15H,2-8,12H2,1H3,(H,32,37)/t14-,15+/m1/s1. The van der Waals surface area contributed by atoms with Crippen LogP contribution >= 0.6 is 0 Å². The molecule has 2 aliphatic rings. The van der Waals surface area contributed by atoms with Gasteiger partial charge in [-0.15, -0.1) is 0 Å². The molecule has 10 nitrogen and oxygen atoms in total. The number of anilines is 2. The highest BCUT2D eigenvalue weighted by Gasteiger charge is 2.38. The van der Waals surface area contributed by atoms with Crippen LogP contribution in [0.2, 0.25) is 0 Å². The molecule has 1 amide bonds. The molecule has 0 spiro atoms. The number of H-pyrrole nitrogens is 1. The minimum absolute atomic E-state index is 0.0564. The van der Waals surface area contributed by atoms with Crippen LogP contribution in [0.4, 0.5) is 38.1 Å². The molecule has 0 unspecified atom stereocenters. The largest absolute Gasteiger partial charge is 0.421 e. The minimum Gasteiger partial charge on any atom is -0.380 e. The zero-order valence-corrected chi connectivity index (χ0v) is 20.2. The molecule has 2 aromatic rings. The van der Waals surface area contributed by atoms with E-state index in [2.05, 4.69) is 15.1 Å². The van der Waals surface area contributed by atoms with Gasteiger partial charge in [-0.3, -0.25) is 9.59 Å². The first-order chi connectivity index (χ1) is 17.9. The number of alkyl halides is 6. The van der Waals surface area contributed by atoms with Crippen molar-refractivity contribution in [3.05, 3.63) is 39.9 Å². The van der Waals surface area contributed by atoms with Crippen molar-refractivity contribution in [1.82, 2.24) is 25.1 Å². The molecule has 4 rings (SSSR count). The smallest absolute Gasteiger partial charge is 0.380 e. The van der Waals surface area contributed by atoms with Crippen LogP contribution in [-0.2, 0) is 21.9 Å². The summed E-state index contributed by atoms with van der Waals surface area (Å²) >= 11 is 0. The maximum atomic E-state index is 13.2. The summed E-state index contributed by atoms with van der Waals surface area (Å²) in [5.74, 6) is -0.0766. The molecular weight excluding hydrogens is 524 g/mol. The van der Waals surface area contributed by atoms with Crippen molar-refractivity contribution in [2.24, 2.45) is 0 Å². The molecule has 2 saturated heterocycles. The number of piperazine rings is 1. The van der Waals surface area contributed by atoms with Crippen molar-refractivity contribution in [2.45, 2.75) is 43.8 Å². The number of carbonyl (C=O) groups is 1. The predicted octanol–water partition coefficient (Wildman–Crippen LogP) is 2.32. The van der Waals surface area contributed by atoms with Gasteiger partial charge in [0.25, 0.3) is 5.56 Å². The molecule has 0 bridgehead atoms. The Kier molecular flexibility index (Phi) is 7.80. The number of carbonyl (C=O) groups excluding carboxylic acids is 1. The quantitative estimate of drug-likeness (QED) is 0.548. The second-order valence-electron chi connectivity index (χ2n) is 9.04. The molecule has 0 aliphatic carbocycles. The number of hydrogen-bond acceptors (Lipinski definition) is 8. The van der Waals surface area contributed by atoms with Crippen molar-refractivity contribution in [3.63, 3.8) is 0 Å². The van der Waals surface area contributed by atoms with E-state index in [1.165, 1.54) is 7.11 Å². The van der Waals surface area contributed by atoms with Crippen LogP contribution in [0.3, 0.4) is 0 Å². The third kappa shape index (κ3) is 6.16. The summed E-state index contributed by atoms with van der Waals surface area (Å²) in [6.07, 6.45) is -7.32. The van der Waals surface area contributed by atoms with Crippen LogP contribution in [0.1, 0.15) is 30.4 Å². The fourth-order valence-electron chi connectivity index (χ4n) is 4.59. The predicted molar refractivity (Wildman–Crippen MR) is 121 cm³/mol. The number of ether oxygens (including phenoxy) is 1. The summed E-state index contributed by atoms with van der Waals surface area (Å²) in [6.45, 7) is 1.54. The van der Waals surface area contributed by atoms with E-state index in [0.717, 1.165) is 12.4 Å². The highest BCUT2D eigenvalue weighted by molar-refractivity contribution is 5.76. The van der Waals surface area contributed by atoms with Crippen molar-refractivity contribution in [1.29, 1.82) is 0 Å². The van der Waals surface area contributed by atoms with Crippen LogP contribution in [0.25, 0.3) is 0 Å². The Morgan fingerprint density at radius 3 is 2.32 bits per heavy atom. The average molecular weight is 549 g/mol. The first-order valence-corrected chi connectivity index (χ1v) is 11.7. The van der Waals surface area contributed by atoms with Crippen LogP contribution in [0, 0.1) is 0 Å². The number of aromatic amines is 1. The first kappa shape index (κ1) is 27.6. The zero-order valence-electron chi connectivity index (χ0n) is 20.2. The summed E-state index contributed by atoms with van der Waals surface area (Å²) in [4.78, 5) is 36.9. The van der Waals surface area contributed by atoms with Crippen molar-refractivity contribution >= 4 is 17.7 Å². The monoisotopic (exact) mass is 549 g/mol. The van der Waals surface area contributed by atoms with Crippen molar-refractivity contribution < 1.29 is 35.9 Å². The van der Waals surface area contributed by atoms with E-state index in [1.807, 2.05) is 5.10 Å². The Balaban J connectivity index is 1.35. The number of amides is 1. The van der Waals surface area contributed by atoms with Crippen molar-refractivity contribution in [3.8, 4) is 0 Å². The maximum Gasteiger partial charge on any atom is 0.421 e. The van der Waals surface area contributed by atoms with Gasteiger partial charge >= 0.3 is 12.4 Å². The Labute approximate surface area is 212 Å².